The number of halogens is 1. The number of hydrogen-bond donors (Lipinski definition) is 2. The van der Waals surface area contributed by atoms with Gasteiger partial charge in [0, 0.05) is 19.2 Å². The van der Waals surface area contributed by atoms with Crippen LogP contribution in [0.3, 0.4) is 0 Å². The topological polar surface area (TPSA) is 101 Å². The van der Waals surface area contributed by atoms with Crippen LogP contribution in [0.1, 0.15) is 65.2 Å². The first-order valence-electron chi connectivity index (χ1n) is 11.8. The molecule has 2 bridgehead atoms. The van der Waals surface area contributed by atoms with Crippen molar-refractivity contribution in [1.82, 2.24) is 30.2 Å². The molecule has 2 heterocycles. The molecule has 3 aliphatic rings. The van der Waals surface area contributed by atoms with Gasteiger partial charge in [-0.05, 0) is 66.5 Å². The minimum Gasteiger partial charge on any atom is -0.350 e. The van der Waals surface area contributed by atoms with Crippen LogP contribution >= 0.6 is 0 Å². The highest BCUT2D eigenvalue weighted by molar-refractivity contribution is 5.98. The Balaban J connectivity index is 1.29. The Morgan fingerprint density at radius 3 is 2.74 bits per heavy atom. The Morgan fingerprint density at radius 1 is 1.18 bits per heavy atom. The smallest absolute Gasteiger partial charge is 0.270 e. The van der Waals surface area contributed by atoms with Crippen molar-refractivity contribution in [2.24, 2.45) is 23.2 Å². The van der Waals surface area contributed by atoms with E-state index in [1.807, 2.05) is 0 Å². The summed E-state index contributed by atoms with van der Waals surface area (Å²) in [4.78, 5) is 34.2. The molecule has 3 fully saturated rings. The molecule has 0 saturated heterocycles. The molecule has 9 heteroatoms. The summed E-state index contributed by atoms with van der Waals surface area (Å²) in [5.74, 6) is 1.02. The predicted molar refractivity (Wildman–Crippen MR) is 124 cm³/mol. The Labute approximate surface area is 197 Å². The maximum absolute atomic E-state index is 13.5. The van der Waals surface area contributed by atoms with E-state index < -0.39 is 5.91 Å². The van der Waals surface area contributed by atoms with Crippen LogP contribution in [-0.2, 0) is 6.54 Å². The van der Waals surface area contributed by atoms with E-state index in [0.717, 1.165) is 17.9 Å². The van der Waals surface area contributed by atoms with Crippen molar-refractivity contribution >= 4 is 17.6 Å². The Hall–Kier alpha value is -3.36. The fourth-order valence-electron chi connectivity index (χ4n) is 5.70. The van der Waals surface area contributed by atoms with Gasteiger partial charge in [-0.2, -0.15) is 14.6 Å². The van der Waals surface area contributed by atoms with Crippen molar-refractivity contribution in [3.05, 3.63) is 58.9 Å². The number of aryl methyl sites for hydroxylation is 1. The quantitative estimate of drug-likeness (QED) is 0.583. The lowest BCUT2D eigenvalue weighted by molar-refractivity contribution is -0.103. The lowest BCUT2D eigenvalue weighted by atomic mass is 9.45. The molecule has 0 radical (unpaired) electrons. The summed E-state index contributed by atoms with van der Waals surface area (Å²) in [5.41, 5.74) is 1.91. The molecule has 0 unspecified atom stereocenters. The molecule has 0 spiro atoms. The zero-order valence-electron chi connectivity index (χ0n) is 19.6. The first kappa shape index (κ1) is 22.4. The Kier molecular flexibility index (Phi) is 5.58. The number of fused-ring (bicyclic) bond motifs is 3. The van der Waals surface area contributed by atoms with Crippen molar-refractivity contribution in [3.8, 4) is 0 Å². The van der Waals surface area contributed by atoms with Gasteiger partial charge in [0.2, 0.25) is 0 Å². The molecule has 0 aliphatic heterocycles. The zero-order valence-corrected chi connectivity index (χ0v) is 19.6. The normalized spacial score (nSPS) is 22.8. The second-order valence-corrected chi connectivity index (χ2v) is 10.2. The van der Waals surface area contributed by atoms with E-state index >= 15 is 0 Å². The molecule has 2 amide bonds. The molecule has 1 aromatic carbocycles. The van der Waals surface area contributed by atoms with Gasteiger partial charge in [-0.1, -0.05) is 26.0 Å². The average molecular weight is 465 g/mol. The van der Waals surface area contributed by atoms with Gasteiger partial charge in [-0.3, -0.25) is 9.59 Å². The summed E-state index contributed by atoms with van der Waals surface area (Å²) in [7, 11) is 0. The number of hydrogen-bond acceptors (Lipinski definition) is 5. The van der Waals surface area contributed by atoms with E-state index in [1.165, 1.54) is 35.8 Å². The largest absolute Gasteiger partial charge is 0.350 e. The monoisotopic (exact) mass is 464 g/mol. The molecule has 3 atom stereocenters. The highest BCUT2D eigenvalue weighted by Crippen LogP contribution is 2.61. The Bertz CT molecular complexity index is 1270. The van der Waals surface area contributed by atoms with Crippen LogP contribution in [0.15, 0.2) is 30.6 Å². The molecule has 3 saturated carbocycles. The van der Waals surface area contributed by atoms with Gasteiger partial charge in [0.05, 0.1) is 0 Å². The third-order valence-electron chi connectivity index (χ3n) is 7.92. The van der Waals surface area contributed by atoms with Crippen LogP contribution in [0.2, 0.25) is 0 Å². The van der Waals surface area contributed by atoms with Crippen molar-refractivity contribution in [3.63, 3.8) is 0 Å². The predicted octanol–water partition coefficient (Wildman–Crippen LogP) is 3.30. The average Bonchev–Trinajstić information content (AvgIpc) is 3.31. The SMILES string of the molecule is Cc1cc(CNC(=O)c2cc(C(=O)NC[C@@H]3CC[C@@H]4C[C@H]3C4(C)C)n3ncnc3n2)ccc1F. The summed E-state index contributed by atoms with van der Waals surface area (Å²) in [5, 5.41) is 9.94. The van der Waals surface area contributed by atoms with E-state index in [0.29, 0.717) is 29.4 Å². The molecule has 178 valence electrons. The highest BCUT2D eigenvalue weighted by atomic mass is 19.1. The molecule has 34 heavy (non-hydrogen) atoms. The third-order valence-corrected chi connectivity index (χ3v) is 7.92. The van der Waals surface area contributed by atoms with Gasteiger partial charge in [0.1, 0.15) is 23.5 Å². The fraction of sp³-hybridized carbons (Fsp3) is 0.480. The third kappa shape index (κ3) is 3.93. The molecule has 6 rings (SSSR count). The molecule has 3 aliphatic carbocycles. The number of carbonyl (C=O) groups excluding carboxylic acids is 2. The summed E-state index contributed by atoms with van der Waals surface area (Å²) < 4.78 is 14.8. The van der Waals surface area contributed by atoms with Crippen LogP contribution in [0, 0.1) is 35.9 Å². The standard InChI is InChI=1S/C25H29FN6O2/c1-14-8-15(4-7-19(14)26)11-27-22(33)20-10-21(32-24(31-20)29-13-30-32)23(34)28-12-16-5-6-17-9-18(16)25(17,2)3/h4,7-8,10,13,16-18H,5-6,9,11-12H2,1-3H3,(H,27,33)(H,28,34)/t16-,17+,18+/m0/s1. The van der Waals surface area contributed by atoms with Crippen molar-refractivity contribution < 1.29 is 14.0 Å². The van der Waals surface area contributed by atoms with Crippen molar-refractivity contribution in [1.29, 1.82) is 0 Å². The van der Waals surface area contributed by atoms with Gasteiger partial charge in [-0.15, -0.1) is 0 Å². The maximum atomic E-state index is 13.5. The molecule has 2 aromatic heterocycles. The summed E-state index contributed by atoms with van der Waals surface area (Å²) in [6, 6.07) is 6.11. The van der Waals surface area contributed by atoms with Crippen LogP contribution in [0.5, 0.6) is 0 Å². The minimum absolute atomic E-state index is 0.0742. The number of amides is 2. The summed E-state index contributed by atoms with van der Waals surface area (Å²) >= 11 is 0. The van der Waals surface area contributed by atoms with E-state index in [-0.39, 0.29) is 35.4 Å². The second-order valence-electron chi connectivity index (χ2n) is 10.2. The first-order valence-corrected chi connectivity index (χ1v) is 11.8. The van der Waals surface area contributed by atoms with Crippen LogP contribution < -0.4 is 10.6 Å². The first-order chi connectivity index (χ1) is 16.2. The number of nitrogens with one attached hydrogen (secondary N) is 2. The lowest BCUT2D eigenvalue weighted by Gasteiger charge is -2.60. The van der Waals surface area contributed by atoms with Crippen LogP contribution in [0.25, 0.3) is 5.78 Å². The number of benzene rings is 1. The zero-order chi connectivity index (χ0) is 24.0. The number of carbonyl (C=O) groups is 2. The van der Waals surface area contributed by atoms with Crippen molar-refractivity contribution in [2.75, 3.05) is 6.54 Å². The fourth-order valence-corrected chi connectivity index (χ4v) is 5.70. The molecular formula is C25H29FN6O2. The number of nitrogens with zero attached hydrogens (tertiary/aromatic N) is 4. The van der Waals surface area contributed by atoms with E-state index in [1.54, 1.807) is 19.1 Å². The summed E-state index contributed by atoms with van der Waals surface area (Å²) in [6.07, 6.45) is 4.89. The van der Waals surface area contributed by atoms with Gasteiger partial charge in [0.15, 0.2) is 0 Å². The van der Waals surface area contributed by atoms with E-state index in [4.69, 9.17) is 0 Å². The van der Waals surface area contributed by atoms with Crippen LogP contribution in [-0.4, -0.2) is 37.9 Å². The van der Waals surface area contributed by atoms with Gasteiger partial charge < -0.3 is 10.6 Å². The minimum atomic E-state index is -0.448. The molecular weight excluding hydrogens is 435 g/mol. The van der Waals surface area contributed by atoms with E-state index in [9.17, 15) is 14.0 Å². The van der Waals surface area contributed by atoms with Crippen LogP contribution in [0.4, 0.5) is 4.39 Å². The Morgan fingerprint density at radius 2 is 2.00 bits per heavy atom. The van der Waals surface area contributed by atoms with Gasteiger partial charge in [-0.25, -0.2) is 9.37 Å². The molecule has 8 nitrogen and oxygen atoms in total. The molecule has 3 aromatic rings. The number of aromatic nitrogens is 4. The van der Waals surface area contributed by atoms with Gasteiger partial charge in [0.25, 0.3) is 17.6 Å². The second kappa shape index (κ2) is 8.45. The highest BCUT2D eigenvalue weighted by Gasteiger charge is 2.53. The lowest BCUT2D eigenvalue weighted by Crippen LogP contribution is -2.54. The number of rotatable bonds is 6. The maximum Gasteiger partial charge on any atom is 0.270 e. The molecule has 2 N–H and O–H groups in total. The van der Waals surface area contributed by atoms with E-state index in [2.05, 4.69) is 39.5 Å². The van der Waals surface area contributed by atoms with Crippen molar-refractivity contribution in [2.45, 2.75) is 46.6 Å². The van der Waals surface area contributed by atoms with Gasteiger partial charge >= 0.3 is 0 Å². The summed E-state index contributed by atoms with van der Waals surface area (Å²) in [6.45, 7) is 7.15.